The van der Waals surface area contributed by atoms with E-state index in [0.717, 1.165) is 12.8 Å². The van der Waals surface area contributed by atoms with Crippen LogP contribution in [0.25, 0.3) is 0 Å². The molecule has 5 nitrogen and oxygen atoms in total. The summed E-state index contributed by atoms with van der Waals surface area (Å²) in [6, 6.07) is 2.79. The van der Waals surface area contributed by atoms with Crippen LogP contribution in [0.1, 0.15) is 12.8 Å². The summed E-state index contributed by atoms with van der Waals surface area (Å²) in [5.74, 6) is 0.186. The minimum absolute atomic E-state index is 0.0499. The summed E-state index contributed by atoms with van der Waals surface area (Å²) in [6.45, 7) is 1.41. The third-order valence-corrected chi connectivity index (χ3v) is 6.13. The van der Waals surface area contributed by atoms with Gasteiger partial charge in [-0.2, -0.15) is 4.31 Å². The number of nitrogens with zero attached hydrogens (tertiary/aromatic N) is 1. The number of piperidine rings is 1. The lowest BCUT2D eigenvalue weighted by Crippen LogP contribution is -2.41. The van der Waals surface area contributed by atoms with Gasteiger partial charge in [0.2, 0.25) is 10.0 Å². The van der Waals surface area contributed by atoms with Crippen molar-refractivity contribution in [2.45, 2.75) is 17.7 Å². The monoisotopic (exact) mass is 352 g/mol. The SMILES string of the molecule is COCC1CCCN(S(=O)(=O)c2c(N)cc(Cl)cc2Cl)C1. The van der Waals surface area contributed by atoms with Crippen molar-refractivity contribution in [3.8, 4) is 0 Å². The summed E-state index contributed by atoms with van der Waals surface area (Å²) in [5, 5.41) is 0.362. The number of ether oxygens (including phenoxy) is 1. The first-order valence-electron chi connectivity index (χ1n) is 6.60. The minimum atomic E-state index is -3.73. The molecule has 2 N–H and O–H groups in total. The van der Waals surface area contributed by atoms with Gasteiger partial charge in [-0.3, -0.25) is 0 Å². The molecule has 21 heavy (non-hydrogen) atoms. The van der Waals surface area contributed by atoms with Gasteiger partial charge in [0.25, 0.3) is 0 Å². The van der Waals surface area contributed by atoms with Crippen LogP contribution in [-0.4, -0.2) is 39.5 Å². The molecular formula is C13H18Cl2N2O3S. The van der Waals surface area contributed by atoms with E-state index in [-0.39, 0.29) is 21.5 Å². The molecule has 1 atom stereocenters. The maximum atomic E-state index is 12.8. The predicted octanol–water partition coefficient (Wildman–Crippen LogP) is 2.62. The van der Waals surface area contributed by atoms with Crippen LogP contribution in [0, 0.1) is 5.92 Å². The summed E-state index contributed by atoms with van der Waals surface area (Å²) in [4.78, 5) is -0.0633. The van der Waals surface area contributed by atoms with Crippen LogP contribution in [0.4, 0.5) is 5.69 Å². The van der Waals surface area contributed by atoms with Gasteiger partial charge < -0.3 is 10.5 Å². The Balaban J connectivity index is 2.34. The van der Waals surface area contributed by atoms with Crippen molar-refractivity contribution >= 4 is 38.9 Å². The Morgan fingerprint density at radius 1 is 1.43 bits per heavy atom. The van der Waals surface area contributed by atoms with E-state index >= 15 is 0 Å². The van der Waals surface area contributed by atoms with Crippen LogP contribution in [0.2, 0.25) is 10.0 Å². The number of benzene rings is 1. The molecule has 1 aromatic carbocycles. The summed E-state index contributed by atoms with van der Waals surface area (Å²) in [7, 11) is -2.12. The Hall–Kier alpha value is -0.530. The first kappa shape index (κ1) is 16.8. The van der Waals surface area contributed by atoms with E-state index < -0.39 is 10.0 Å². The summed E-state index contributed by atoms with van der Waals surface area (Å²) < 4.78 is 32.1. The topological polar surface area (TPSA) is 72.6 Å². The molecule has 1 saturated heterocycles. The quantitative estimate of drug-likeness (QED) is 0.845. The van der Waals surface area contributed by atoms with Crippen LogP contribution in [0.5, 0.6) is 0 Å². The van der Waals surface area contributed by atoms with Crippen molar-refractivity contribution in [2.24, 2.45) is 5.92 Å². The van der Waals surface area contributed by atoms with E-state index in [1.165, 1.54) is 16.4 Å². The molecule has 8 heteroatoms. The average molecular weight is 353 g/mol. The number of nitrogens with two attached hydrogens (primary N) is 1. The molecule has 2 rings (SSSR count). The molecule has 1 fully saturated rings. The fraction of sp³-hybridized carbons (Fsp3) is 0.538. The average Bonchev–Trinajstić information content (AvgIpc) is 2.37. The Labute approximate surface area is 135 Å². The molecule has 0 amide bonds. The maximum absolute atomic E-state index is 12.8. The van der Waals surface area contributed by atoms with Gasteiger partial charge >= 0.3 is 0 Å². The highest BCUT2D eigenvalue weighted by Crippen LogP contribution is 2.34. The number of hydrogen-bond donors (Lipinski definition) is 1. The van der Waals surface area contributed by atoms with E-state index in [4.69, 9.17) is 33.7 Å². The first-order valence-corrected chi connectivity index (χ1v) is 8.79. The van der Waals surface area contributed by atoms with E-state index in [1.807, 2.05) is 0 Å². The molecular weight excluding hydrogens is 335 g/mol. The highest BCUT2D eigenvalue weighted by atomic mass is 35.5. The van der Waals surface area contributed by atoms with E-state index in [0.29, 0.717) is 24.7 Å². The van der Waals surface area contributed by atoms with Gasteiger partial charge in [0.05, 0.1) is 17.3 Å². The fourth-order valence-electron chi connectivity index (χ4n) is 2.60. The first-order chi connectivity index (χ1) is 9.86. The van der Waals surface area contributed by atoms with Crippen molar-refractivity contribution in [3.63, 3.8) is 0 Å². The predicted molar refractivity (Wildman–Crippen MR) is 84.2 cm³/mol. The number of nitrogen functional groups attached to an aromatic ring is 1. The molecule has 0 bridgehead atoms. The Kier molecular flexibility index (Phi) is 5.38. The zero-order valence-electron chi connectivity index (χ0n) is 11.7. The van der Waals surface area contributed by atoms with Crippen LogP contribution >= 0.6 is 23.2 Å². The number of rotatable bonds is 4. The van der Waals surface area contributed by atoms with Gasteiger partial charge in [-0.15, -0.1) is 0 Å². The number of anilines is 1. The summed E-state index contributed by atoms with van der Waals surface area (Å²) in [5.41, 5.74) is 5.88. The molecule has 1 heterocycles. The molecule has 118 valence electrons. The Morgan fingerprint density at radius 3 is 2.76 bits per heavy atom. The molecule has 0 aliphatic carbocycles. The lowest BCUT2D eigenvalue weighted by molar-refractivity contribution is 0.118. The maximum Gasteiger partial charge on any atom is 0.246 e. The molecule has 0 saturated carbocycles. The van der Waals surface area contributed by atoms with E-state index in [1.54, 1.807) is 7.11 Å². The van der Waals surface area contributed by atoms with Crippen molar-refractivity contribution < 1.29 is 13.2 Å². The third kappa shape index (κ3) is 3.63. The Morgan fingerprint density at radius 2 is 2.14 bits per heavy atom. The summed E-state index contributed by atoms with van der Waals surface area (Å²) in [6.07, 6.45) is 1.74. The summed E-state index contributed by atoms with van der Waals surface area (Å²) >= 11 is 11.9. The van der Waals surface area contributed by atoms with Crippen molar-refractivity contribution in [1.29, 1.82) is 0 Å². The number of methoxy groups -OCH3 is 1. The highest BCUT2D eigenvalue weighted by Gasteiger charge is 2.33. The van der Waals surface area contributed by atoms with Crippen LogP contribution < -0.4 is 5.73 Å². The zero-order valence-corrected chi connectivity index (χ0v) is 14.0. The molecule has 1 aromatic rings. The molecule has 1 unspecified atom stereocenters. The van der Waals surface area contributed by atoms with Gasteiger partial charge in [0.15, 0.2) is 0 Å². The normalized spacial score (nSPS) is 20.6. The largest absolute Gasteiger partial charge is 0.398 e. The Bertz CT molecular complexity index is 597. The smallest absolute Gasteiger partial charge is 0.246 e. The lowest BCUT2D eigenvalue weighted by Gasteiger charge is -2.32. The highest BCUT2D eigenvalue weighted by molar-refractivity contribution is 7.89. The van der Waals surface area contributed by atoms with E-state index in [9.17, 15) is 8.42 Å². The number of hydrogen-bond acceptors (Lipinski definition) is 4. The van der Waals surface area contributed by atoms with Gasteiger partial charge in [-0.1, -0.05) is 23.2 Å². The second kappa shape index (κ2) is 6.71. The molecule has 0 spiro atoms. The zero-order chi connectivity index (χ0) is 15.6. The second-order valence-electron chi connectivity index (χ2n) is 5.13. The van der Waals surface area contributed by atoms with Gasteiger partial charge in [-0.05, 0) is 30.9 Å². The number of sulfonamides is 1. The molecule has 1 aliphatic rings. The van der Waals surface area contributed by atoms with Crippen LogP contribution in [0.3, 0.4) is 0 Å². The number of halogens is 2. The van der Waals surface area contributed by atoms with Crippen molar-refractivity contribution in [3.05, 3.63) is 22.2 Å². The third-order valence-electron chi connectivity index (χ3n) is 3.52. The van der Waals surface area contributed by atoms with Crippen molar-refractivity contribution in [1.82, 2.24) is 4.31 Å². The van der Waals surface area contributed by atoms with Crippen molar-refractivity contribution in [2.75, 3.05) is 32.5 Å². The fourth-order valence-corrected chi connectivity index (χ4v) is 5.10. The van der Waals surface area contributed by atoms with Gasteiger partial charge in [0.1, 0.15) is 4.90 Å². The van der Waals surface area contributed by atoms with E-state index in [2.05, 4.69) is 0 Å². The standard InChI is InChI=1S/C13H18Cl2N2O3S/c1-20-8-9-3-2-4-17(7-9)21(18,19)13-11(15)5-10(14)6-12(13)16/h5-6,9H,2-4,7-8,16H2,1H3. The van der Waals surface area contributed by atoms with Gasteiger partial charge in [0, 0.05) is 25.2 Å². The van der Waals surface area contributed by atoms with Crippen LogP contribution in [0.15, 0.2) is 17.0 Å². The van der Waals surface area contributed by atoms with Gasteiger partial charge in [-0.25, -0.2) is 8.42 Å². The van der Waals surface area contributed by atoms with Crippen LogP contribution in [-0.2, 0) is 14.8 Å². The molecule has 0 radical (unpaired) electrons. The molecule has 1 aliphatic heterocycles. The molecule has 0 aromatic heterocycles. The lowest BCUT2D eigenvalue weighted by atomic mass is 10.0. The second-order valence-corrected chi connectivity index (χ2v) is 7.85. The minimum Gasteiger partial charge on any atom is -0.398 e.